The van der Waals surface area contributed by atoms with Gasteiger partial charge in [-0.1, -0.05) is 0 Å². The highest BCUT2D eigenvalue weighted by atomic mass is 79.9. The third-order valence-corrected chi connectivity index (χ3v) is 2.41. The molecule has 0 aromatic carbocycles. The van der Waals surface area contributed by atoms with Crippen LogP contribution in [0.25, 0.3) is 0 Å². The van der Waals surface area contributed by atoms with Crippen LogP contribution in [0.15, 0.2) is 28.9 Å². The zero-order valence-electron chi connectivity index (χ0n) is 8.30. The lowest BCUT2D eigenvalue weighted by molar-refractivity contribution is 0.102. The molecule has 0 saturated carbocycles. The number of aromatic amines is 1. The van der Waals surface area contributed by atoms with Crippen LogP contribution in [0, 0.1) is 11.9 Å². The number of pyridine rings is 1. The number of carbonyl (C=O) groups is 1. The highest BCUT2D eigenvalue weighted by Gasteiger charge is 2.12. The lowest BCUT2D eigenvalue weighted by atomic mass is 10.3. The van der Waals surface area contributed by atoms with Crippen molar-refractivity contribution in [3.63, 3.8) is 0 Å². The Kier molecular flexibility index (Phi) is 3.19. The maximum Gasteiger partial charge on any atom is 0.272 e. The number of hydrogen-bond donors (Lipinski definition) is 2. The van der Waals surface area contributed by atoms with E-state index in [0.29, 0.717) is 4.47 Å². The summed E-state index contributed by atoms with van der Waals surface area (Å²) in [6.07, 6.45) is 1.56. The van der Waals surface area contributed by atoms with E-state index in [9.17, 15) is 13.6 Å². The van der Waals surface area contributed by atoms with E-state index in [4.69, 9.17) is 0 Å². The van der Waals surface area contributed by atoms with Crippen molar-refractivity contribution in [2.75, 3.05) is 5.32 Å². The van der Waals surface area contributed by atoms with Crippen molar-refractivity contribution in [1.82, 2.24) is 9.97 Å². The Morgan fingerprint density at radius 1 is 1.41 bits per heavy atom. The first-order valence-corrected chi connectivity index (χ1v) is 5.33. The van der Waals surface area contributed by atoms with Gasteiger partial charge in [0.15, 0.2) is 0 Å². The first-order valence-electron chi connectivity index (χ1n) is 4.53. The summed E-state index contributed by atoms with van der Waals surface area (Å²) in [6.45, 7) is 0. The molecule has 0 spiro atoms. The Labute approximate surface area is 103 Å². The van der Waals surface area contributed by atoms with Crippen LogP contribution in [0.4, 0.5) is 14.5 Å². The van der Waals surface area contributed by atoms with Crippen molar-refractivity contribution >= 4 is 27.5 Å². The van der Waals surface area contributed by atoms with Gasteiger partial charge in [-0.25, -0.2) is 0 Å². The Balaban J connectivity index is 2.18. The van der Waals surface area contributed by atoms with Crippen LogP contribution >= 0.6 is 15.9 Å². The highest BCUT2D eigenvalue weighted by Crippen LogP contribution is 2.15. The van der Waals surface area contributed by atoms with E-state index >= 15 is 0 Å². The van der Waals surface area contributed by atoms with Gasteiger partial charge in [-0.3, -0.25) is 4.79 Å². The standard InChI is InChI=1S/C10H6BrF2N3O/c11-5-3-7(14-4-5)10(17)15-6-1-2-8(12)16-9(6)13/h1-4,14H,(H,15,17). The second-order valence-corrected chi connectivity index (χ2v) is 4.07. The number of hydrogen-bond acceptors (Lipinski definition) is 2. The zero-order chi connectivity index (χ0) is 12.4. The molecule has 88 valence electrons. The van der Waals surface area contributed by atoms with Gasteiger partial charge in [0.2, 0.25) is 11.9 Å². The van der Waals surface area contributed by atoms with E-state index in [1.807, 2.05) is 0 Å². The van der Waals surface area contributed by atoms with Gasteiger partial charge in [0.25, 0.3) is 5.91 Å². The first kappa shape index (κ1) is 11.7. The maximum atomic E-state index is 13.1. The van der Waals surface area contributed by atoms with Gasteiger partial charge < -0.3 is 10.3 Å². The molecule has 7 heteroatoms. The summed E-state index contributed by atoms with van der Waals surface area (Å²) in [6, 6.07) is 3.60. The Hall–Kier alpha value is -1.76. The van der Waals surface area contributed by atoms with Crippen molar-refractivity contribution in [1.29, 1.82) is 0 Å². The monoisotopic (exact) mass is 301 g/mol. The second-order valence-electron chi connectivity index (χ2n) is 3.16. The first-order chi connectivity index (χ1) is 8.06. The predicted molar refractivity (Wildman–Crippen MR) is 60.6 cm³/mol. The van der Waals surface area contributed by atoms with Gasteiger partial charge in [-0.2, -0.15) is 13.8 Å². The van der Waals surface area contributed by atoms with Crippen LogP contribution in [0.1, 0.15) is 10.5 Å². The van der Waals surface area contributed by atoms with Crippen LogP contribution in [0.2, 0.25) is 0 Å². The molecule has 2 heterocycles. The van der Waals surface area contributed by atoms with Crippen molar-refractivity contribution < 1.29 is 13.6 Å². The van der Waals surface area contributed by atoms with Gasteiger partial charge in [0.1, 0.15) is 5.69 Å². The molecule has 2 aromatic rings. The number of anilines is 1. The molecular weight excluding hydrogens is 296 g/mol. The van der Waals surface area contributed by atoms with E-state index in [0.717, 1.165) is 12.1 Å². The fourth-order valence-corrected chi connectivity index (χ4v) is 1.54. The minimum atomic E-state index is -1.07. The highest BCUT2D eigenvalue weighted by molar-refractivity contribution is 9.10. The average molecular weight is 302 g/mol. The predicted octanol–water partition coefficient (Wildman–Crippen LogP) is 2.70. The van der Waals surface area contributed by atoms with E-state index in [-0.39, 0.29) is 11.4 Å². The summed E-state index contributed by atoms with van der Waals surface area (Å²) in [5.41, 5.74) is 0.0720. The topological polar surface area (TPSA) is 57.8 Å². The minimum absolute atomic E-state index is 0.179. The second kappa shape index (κ2) is 4.62. The third-order valence-electron chi connectivity index (χ3n) is 1.96. The lowest BCUT2D eigenvalue weighted by Gasteiger charge is -2.03. The SMILES string of the molecule is O=C(Nc1ccc(F)nc1F)c1cc(Br)c[nH]1. The van der Waals surface area contributed by atoms with Crippen molar-refractivity contribution in [2.45, 2.75) is 0 Å². The fraction of sp³-hybridized carbons (Fsp3) is 0. The van der Waals surface area contributed by atoms with Crippen molar-refractivity contribution in [3.05, 3.63) is 46.5 Å². The Morgan fingerprint density at radius 3 is 2.76 bits per heavy atom. The molecule has 0 atom stereocenters. The molecule has 2 aromatic heterocycles. The van der Waals surface area contributed by atoms with Gasteiger partial charge >= 0.3 is 0 Å². The molecule has 0 aliphatic carbocycles. The molecular formula is C10H6BrF2N3O. The van der Waals surface area contributed by atoms with Gasteiger partial charge in [0.05, 0.1) is 5.69 Å². The van der Waals surface area contributed by atoms with Gasteiger partial charge in [-0.05, 0) is 34.1 Å². The number of rotatable bonds is 2. The molecule has 0 saturated heterocycles. The quantitative estimate of drug-likeness (QED) is 0.838. The van der Waals surface area contributed by atoms with Crippen molar-refractivity contribution in [2.24, 2.45) is 0 Å². The van der Waals surface area contributed by atoms with Gasteiger partial charge in [-0.15, -0.1) is 0 Å². The van der Waals surface area contributed by atoms with E-state index < -0.39 is 17.8 Å². The zero-order valence-corrected chi connectivity index (χ0v) is 9.88. The summed E-state index contributed by atoms with van der Waals surface area (Å²) in [7, 11) is 0. The molecule has 0 aliphatic heterocycles. The minimum Gasteiger partial charge on any atom is -0.356 e. The molecule has 0 radical (unpaired) electrons. The molecule has 4 nitrogen and oxygen atoms in total. The molecule has 0 unspecified atom stereocenters. The number of nitrogens with one attached hydrogen (secondary N) is 2. The number of amides is 1. The molecule has 0 bridgehead atoms. The summed E-state index contributed by atoms with van der Waals surface area (Å²) in [4.78, 5) is 17.3. The number of halogens is 3. The third kappa shape index (κ3) is 2.68. The number of H-pyrrole nitrogens is 1. The van der Waals surface area contributed by atoms with E-state index in [1.165, 1.54) is 6.07 Å². The molecule has 0 aliphatic rings. The van der Waals surface area contributed by atoms with E-state index in [2.05, 4.69) is 31.2 Å². The smallest absolute Gasteiger partial charge is 0.272 e. The van der Waals surface area contributed by atoms with Crippen LogP contribution in [-0.2, 0) is 0 Å². The molecule has 2 N–H and O–H groups in total. The van der Waals surface area contributed by atoms with E-state index in [1.54, 1.807) is 6.20 Å². The Bertz CT molecular complexity index is 570. The Morgan fingerprint density at radius 2 is 2.18 bits per heavy atom. The summed E-state index contributed by atoms with van der Waals surface area (Å²) < 4.78 is 26.4. The summed E-state index contributed by atoms with van der Waals surface area (Å²) in [5, 5.41) is 2.27. The largest absolute Gasteiger partial charge is 0.356 e. The van der Waals surface area contributed by atoms with Crippen molar-refractivity contribution in [3.8, 4) is 0 Å². The van der Waals surface area contributed by atoms with Crippen LogP contribution < -0.4 is 5.32 Å². The number of nitrogens with zero attached hydrogens (tertiary/aromatic N) is 1. The van der Waals surface area contributed by atoms with Gasteiger partial charge in [0, 0.05) is 10.7 Å². The molecule has 0 fully saturated rings. The van der Waals surface area contributed by atoms with Crippen LogP contribution in [0.5, 0.6) is 0 Å². The summed E-state index contributed by atoms with van der Waals surface area (Å²) in [5.74, 6) is -2.55. The van der Waals surface area contributed by atoms with Crippen LogP contribution in [0.3, 0.4) is 0 Å². The number of aromatic nitrogens is 2. The normalized spacial score (nSPS) is 10.3. The average Bonchev–Trinajstić information content (AvgIpc) is 2.69. The molecule has 2 rings (SSSR count). The molecule has 1 amide bonds. The molecule has 17 heavy (non-hydrogen) atoms. The fourth-order valence-electron chi connectivity index (χ4n) is 1.19. The summed E-state index contributed by atoms with van der Waals surface area (Å²) >= 11 is 3.16. The van der Waals surface area contributed by atoms with Crippen LogP contribution in [-0.4, -0.2) is 15.9 Å². The maximum absolute atomic E-state index is 13.1. The number of carbonyl (C=O) groups excluding carboxylic acids is 1. The lowest BCUT2D eigenvalue weighted by Crippen LogP contribution is -2.14.